The number of halogens is 1. The first kappa shape index (κ1) is 22.3. The van der Waals surface area contributed by atoms with E-state index in [1.807, 2.05) is 18.2 Å². The highest BCUT2D eigenvalue weighted by Gasteiger charge is 2.42. The predicted molar refractivity (Wildman–Crippen MR) is 127 cm³/mol. The third-order valence-corrected chi connectivity index (χ3v) is 7.47. The molecule has 4 rings (SSSR count). The minimum absolute atomic E-state index is 0.0278. The molecular weight excluding hydrogens is 472 g/mol. The van der Waals surface area contributed by atoms with Gasteiger partial charge in [-0.05, 0) is 29.8 Å². The van der Waals surface area contributed by atoms with Gasteiger partial charge < -0.3 is 4.74 Å². The quantitative estimate of drug-likeness (QED) is 0.504. The van der Waals surface area contributed by atoms with Gasteiger partial charge in [0.05, 0.1) is 23.3 Å². The average Bonchev–Trinajstić information content (AvgIpc) is 3.22. The van der Waals surface area contributed by atoms with Crippen molar-refractivity contribution in [3.05, 3.63) is 70.3 Å². The smallest absolute Gasteiger partial charge is 0.283 e. The lowest BCUT2D eigenvalue weighted by atomic mass is 10.1. The van der Waals surface area contributed by atoms with E-state index in [1.165, 1.54) is 13.0 Å². The van der Waals surface area contributed by atoms with E-state index in [2.05, 4.69) is 9.39 Å². The number of nitrogens with zero attached hydrogens (tertiary/aromatic N) is 3. The Morgan fingerprint density at radius 1 is 1.19 bits per heavy atom. The van der Waals surface area contributed by atoms with Gasteiger partial charge >= 0.3 is 0 Å². The Balaban J connectivity index is 1.53. The normalized spacial score (nSPS) is 17.3. The molecule has 2 heterocycles. The summed E-state index contributed by atoms with van der Waals surface area (Å²) in [5, 5.41) is 8.82. The molecule has 164 valence electrons. The molecule has 0 bridgehead atoms. The van der Waals surface area contributed by atoms with Gasteiger partial charge in [-0.2, -0.15) is 9.39 Å². The summed E-state index contributed by atoms with van der Waals surface area (Å²) in [6.45, 7) is 1.80. The lowest BCUT2D eigenvalue weighted by molar-refractivity contribution is -0.114. The minimum atomic E-state index is -3.68. The molecule has 8 nitrogen and oxygen atoms in total. The molecule has 0 unspecified atom stereocenters. The molecule has 11 heteroatoms. The molecule has 2 aromatic carbocycles. The van der Waals surface area contributed by atoms with E-state index in [0.29, 0.717) is 22.9 Å². The standard InChI is InChI=1S/C21H17ClN4O4S2/c1-2-32(28,29)21-25-31-20-24-19(27)16(18(23)26(20)21)11-13-7-9-15(10-8-13)30-12-14-5-3-4-6-17(14)22/h3-11,23H,2,12H2,1H3/b16-11-,23-18?. The highest BCUT2D eigenvalue weighted by atomic mass is 35.5. The largest absolute Gasteiger partial charge is 0.489 e. The van der Waals surface area contributed by atoms with Crippen LogP contribution in [0.25, 0.3) is 6.08 Å². The SMILES string of the molecule is CCS(=O)(=O)C1=NSC2=NC(=O)/C(=C\c3ccc(OCc4ccccc4Cl)cc3)C(=N)N21. The summed E-state index contributed by atoms with van der Waals surface area (Å²) in [6, 6.07) is 14.3. The number of amidine groups is 3. The minimum Gasteiger partial charge on any atom is -0.489 e. The van der Waals surface area contributed by atoms with E-state index < -0.39 is 15.7 Å². The number of amides is 1. The van der Waals surface area contributed by atoms with Crippen LogP contribution in [0.2, 0.25) is 5.02 Å². The number of nitrogens with one attached hydrogen (secondary N) is 1. The number of fused-ring (bicyclic) bond motifs is 1. The first-order valence-corrected chi connectivity index (χ1v) is 12.3. The molecule has 2 aliphatic rings. The molecule has 0 fully saturated rings. The molecule has 2 aliphatic heterocycles. The van der Waals surface area contributed by atoms with Crippen LogP contribution in [-0.4, -0.2) is 41.1 Å². The second-order valence-corrected chi connectivity index (χ2v) is 10.1. The molecule has 0 spiro atoms. The van der Waals surface area contributed by atoms with Gasteiger partial charge in [0.1, 0.15) is 18.2 Å². The fourth-order valence-corrected chi connectivity index (χ4v) is 5.09. The maximum Gasteiger partial charge on any atom is 0.283 e. The van der Waals surface area contributed by atoms with Crippen LogP contribution < -0.4 is 4.74 Å². The summed E-state index contributed by atoms with van der Waals surface area (Å²) in [5.74, 6) is -0.471. The Morgan fingerprint density at radius 2 is 1.91 bits per heavy atom. The zero-order chi connectivity index (χ0) is 22.9. The maximum absolute atomic E-state index is 12.5. The van der Waals surface area contributed by atoms with E-state index in [4.69, 9.17) is 21.7 Å². The molecule has 0 aromatic heterocycles. The Kier molecular flexibility index (Phi) is 6.18. The zero-order valence-corrected chi connectivity index (χ0v) is 19.2. The third-order valence-electron chi connectivity index (χ3n) is 4.70. The van der Waals surface area contributed by atoms with Crippen molar-refractivity contribution >= 4 is 61.5 Å². The summed E-state index contributed by atoms with van der Waals surface area (Å²) in [4.78, 5) is 17.5. The summed E-state index contributed by atoms with van der Waals surface area (Å²) < 4.78 is 34.3. The number of carbonyl (C=O) groups is 1. The Hall–Kier alpha value is -2.95. The van der Waals surface area contributed by atoms with Gasteiger partial charge in [0.15, 0.2) is 0 Å². The number of sulfone groups is 1. The van der Waals surface area contributed by atoms with Gasteiger partial charge in [-0.1, -0.05) is 48.9 Å². The molecule has 0 radical (unpaired) electrons. The lowest BCUT2D eigenvalue weighted by Crippen LogP contribution is -2.45. The van der Waals surface area contributed by atoms with Crippen molar-refractivity contribution in [1.82, 2.24) is 4.90 Å². The van der Waals surface area contributed by atoms with Gasteiger partial charge in [-0.3, -0.25) is 10.2 Å². The Morgan fingerprint density at radius 3 is 2.59 bits per heavy atom. The number of aliphatic imine (C=N–C) groups is 1. The second kappa shape index (κ2) is 8.89. The van der Waals surface area contributed by atoms with Crippen molar-refractivity contribution in [3.63, 3.8) is 0 Å². The fraction of sp³-hybridized carbons (Fsp3) is 0.143. The van der Waals surface area contributed by atoms with Gasteiger partial charge in [0, 0.05) is 10.6 Å². The van der Waals surface area contributed by atoms with E-state index in [0.717, 1.165) is 22.4 Å². The van der Waals surface area contributed by atoms with Crippen LogP contribution in [0.4, 0.5) is 0 Å². The van der Waals surface area contributed by atoms with Gasteiger partial charge in [-0.25, -0.2) is 13.3 Å². The highest BCUT2D eigenvalue weighted by Crippen LogP contribution is 2.30. The third kappa shape index (κ3) is 4.34. The summed E-state index contributed by atoms with van der Waals surface area (Å²) >= 11 is 6.90. The van der Waals surface area contributed by atoms with E-state index >= 15 is 0 Å². The molecule has 32 heavy (non-hydrogen) atoms. The molecule has 0 aliphatic carbocycles. The number of benzene rings is 2. The first-order chi connectivity index (χ1) is 15.3. The topological polar surface area (TPSA) is 112 Å². The molecule has 0 saturated heterocycles. The van der Waals surface area contributed by atoms with E-state index in [1.54, 1.807) is 30.3 Å². The van der Waals surface area contributed by atoms with E-state index in [-0.39, 0.29) is 27.5 Å². The molecule has 0 saturated carbocycles. The number of hydrogen-bond acceptors (Lipinski definition) is 7. The van der Waals surface area contributed by atoms with Gasteiger partial charge in [0.25, 0.3) is 5.91 Å². The first-order valence-electron chi connectivity index (χ1n) is 9.48. The molecule has 1 N–H and O–H groups in total. The lowest BCUT2D eigenvalue weighted by Gasteiger charge is -2.24. The fourth-order valence-electron chi connectivity index (χ4n) is 2.93. The van der Waals surface area contributed by atoms with Crippen molar-refractivity contribution in [2.24, 2.45) is 9.39 Å². The monoisotopic (exact) mass is 488 g/mol. The van der Waals surface area contributed by atoms with Crippen LogP contribution in [0.3, 0.4) is 0 Å². The molecule has 1 amide bonds. The summed E-state index contributed by atoms with van der Waals surface area (Å²) in [5.41, 5.74) is 1.46. The van der Waals surface area contributed by atoms with Crippen LogP contribution in [0.15, 0.2) is 63.5 Å². The van der Waals surface area contributed by atoms with Crippen molar-refractivity contribution in [2.45, 2.75) is 13.5 Å². The summed E-state index contributed by atoms with van der Waals surface area (Å²) in [6.07, 6.45) is 1.49. The predicted octanol–water partition coefficient (Wildman–Crippen LogP) is 3.93. The number of ether oxygens (including phenoxy) is 1. The van der Waals surface area contributed by atoms with Crippen molar-refractivity contribution in [1.29, 1.82) is 5.41 Å². The number of hydrogen-bond donors (Lipinski definition) is 1. The number of rotatable bonds is 5. The van der Waals surface area contributed by atoms with Crippen molar-refractivity contribution in [3.8, 4) is 5.75 Å². The molecule has 0 atom stereocenters. The van der Waals surface area contributed by atoms with Crippen LogP contribution in [-0.2, 0) is 21.2 Å². The maximum atomic E-state index is 12.5. The molecular formula is C21H17ClN4O4S2. The van der Waals surface area contributed by atoms with Crippen molar-refractivity contribution in [2.75, 3.05) is 5.75 Å². The Labute approximate surface area is 194 Å². The molecule has 2 aromatic rings. The highest BCUT2D eigenvalue weighted by molar-refractivity contribution is 8.16. The van der Waals surface area contributed by atoms with Gasteiger partial charge in [-0.15, -0.1) is 0 Å². The van der Waals surface area contributed by atoms with Crippen LogP contribution in [0.5, 0.6) is 5.75 Å². The Bertz CT molecular complexity index is 1300. The van der Waals surface area contributed by atoms with Crippen LogP contribution >= 0.6 is 23.5 Å². The van der Waals surface area contributed by atoms with Crippen molar-refractivity contribution < 1.29 is 17.9 Å². The van der Waals surface area contributed by atoms with Gasteiger partial charge in [0.2, 0.25) is 20.2 Å². The second-order valence-electron chi connectivity index (χ2n) is 6.76. The van der Waals surface area contributed by atoms with Crippen LogP contribution in [0.1, 0.15) is 18.1 Å². The number of carbonyl (C=O) groups excluding carboxylic acids is 1. The average molecular weight is 489 g/mol. The van der Waals surface area contributed by atoms with E-state index in [9.17, 15) is 13.2 Å². The van der Waals surface area contributed by atoms with Crippen LogP contribution in [0, 0.1) is 5.41 Å². The zero-order valence-electron chi connectivity index (χ0n) is 16.8. The summed E-state index contributed by atoms with van der Waals surface area (Å²) in [7, 11) is -3.68.